The highest BCUT2D eigenvalue weighted by Gasteiger charge is 2.05. The topological polar surface area (TPSA) is 44.0 Å². The minimum atomic E-state index is 0.00361. The SMILES string of the molecule is N#Cc1cc(-c2ccc(Cl)s2)ccc1O. The fourth-order valence-electron chi connectivity index (χ4n) is 1.25. The molecule has 0 aliphatic heterocycles. The number of halogens is 1. The lowest BCUT2D eigenvalue weighted by Crippen LogP contribution is -1.78. The summed E-state index contributed by atoms with van der Waals surface area (Å²) in [7, 11) is 0. The van der Waals surface area contributed by atoms with Gasteiger partial charge >= 0.3 is 0 Å². The molecule has 0 unspecified atom stereocenters. The molecule has 1 N–H and O–H groups in total. The Morgan fingerprint density at radius 3 is 2.67 bits per heavy atom. The van der Waals surface area contributed by atoms with Crippen LogP contribution in [0.25, 0.3) is 10.4 Å². The molecule has 0 bridgehead atoms. The molecule has 1 aromatic carbocycles. The first kappa shape index (κ1) is 10.0. The van der Waals surface area contributed by atoms with Crippen molar-refractivity contribution in [1.29, 1.82) is 5.26 Å². The van der Waals surface area contributed by atoms with E-state index < -0.39 is 0 Å². The zero-order valence-electron chi connectivity index (χ0n) is 7.57. The van der Waals surface area contributed by atoms with Crippen LogP contribution in [-0.4, -0.2) is 5.11 Å². The maximum Gasteiger partial charge on any atom is 0.133 e. The number of nitriles is 1. The van der Waals surface area contributed by atoms with E-state index in [-0.39, 0.29) is 11.3 Å². The van der Waals surface area contributed by atoms with E-state index in [2.05, 4.69) is 0 Å². The van der Waals surface area contributed by atoms with E-state index in [1.165, 1.54) is 17.4 Å². The lowest BCUT2D eigenvalue weighted by molar-refractivity contribution is 0.473. The first-order valence-corrected chi connectivity index (χ1v) is 5.39. The number of phenols is 1. The molecule has 1 aromatic heterocycles. The fraction of sp³-hybridized carbons (Fsp3) is 0. The van der Waals surface area contributed by atoms with Crippen LogP contribution in [0.2, 0.25) is 4.34 Å². The Balaban J connectivity index is 2.51. The molecule has 0 aliphatic rings. The summed E-state index contributed by atoms with van der Waals surface area (Å²) in [4.78, 5) is 0.983. The molecule has 4 heteroatoms. The summed E-state index contributed by atoms with van der Waals surface area (Å²) in [5.74, 6) is 0.00361. The summed E-state index contributed by atoms with van der Waals surface area (Å²) in [6.45, 7) is 0. The van der Waals surface area contributed by atoms with Crippen molar-refractivity contribution in [3.05, 3.63) is 40.2 Å². The van der Waals surface area contributed by atoms with E-state index in [1.807, 2.05) is 12.1 Å². The highest BCUT2D eigenvalue weighted by atomic mass is 35.5. The van der Waals surface area contributed by atoms with Gasteiger partial charge in [-0.1, -0.05) is 11.6 Å². The predicted octanol–water partition coefficient (Wildman–Crippen LogP) is 3.65. The number of nitrogens with zero attached hydrogens (tertiary/aromatic N) is 1. The van der Waals surface area contributed by atoms with Crippen LogP contribution >= 0.6 is 22.9 Å². The summed E-state index contributed by atoms with van der Waals surface area (Å²) in [5.41, 5.74) is 1.17. The van der Waals surface area contributed by atoms with Gasteiger partial charge in [-0.05, 0) is 35.9 Å². The van der Waals surface area contributed by atoms with Gasteiger partial charge in [0.25, 0.3) is 0 Å². The minimum Gasteiger partial charge on any atom is -0.507 e. The highest BCUT2D eigenvalue weighted by Crippen LogP contribution is 2.32. The number of thiophene rings is 1. The second-order valence-electron chi connectivity index (χ2n) is 2.95. The van der Waals surface area contributed by atoms with Crippen molar-refractivity contribution in [2.24, 2.45) is 0 Å². The second kappa shape index (κ2) is 3.93. The van der Waals surface area contributed by atoms with E-state index in [4.69, 9.17) is 16.9 Å². The zero-order valence-corrected chi connectivity index (χ0v) is 9.14. The largest absolute Gasteiger partial charge is 0.507 e. The molecule has 2 nitrogen and oxygen atoms in total. The summed E-state index contributed by atoms with van der Waals surface area (Å²) >= 11 is 7.26. The Kier molecular flexibility index (Phi) is 2.63. The van der Waals surface area contributed by atoms with Gasteiger partial charge in [-0.25, -0.2) is 0 Å². The molecule has 0 radical (unpaired) electrons. The maximum atomic E-state index is 9.34. The number of rotatable bonds is 1. The van der Waals surface area contributed by atoms with Crippen LogP contribution in [0, 0.1) is 11.3 Å². The zero-order chi connectivity index (χ0) is 10.8. The van der Waals surface area contributed by atoms with Crippen molar-refractivity contribution in [1.82, 2.24) is 0 Å². The Morgan fingerprint density at radius 1 is 1.27 bits per heavy atom. The molecule has 15 heavy (non-hydrogen) atoms. The van der Waals surface area contributed by atoms with Crippen molar-refractivity contribution in [2.75, 3.05) is 0 Å². The molecule has 0 saturated carbocycles. The van der Waals surface area contributed by atoms with Crippen LogP contribution < -0.4 is 0 Å². The average Bonchev–Trinajstić information content (AvgIpc) is 2.66. The third kappa shape index (κ3) is 1.96. The quantitative estimate of drug-likeness (QED) is 0.820. The molecule has 74 valence electrons. The molecule has 0 fully saturated rings. The first-order valence-electron chi connectivity index (χ1n) is 4.19. The first-order chi connectivity index (χ1) is 7.20. The van der Waals surface area contributed by atoms with Crippen molar-refractivity contribution in [3.8, 4) is 22.3 Å². The van der Waals surface area contributed by atoms with E-state index in [0.717, 1.165) is 10.4 Å². The smallest absolute Gasteiger partial charge is 0.133 e. The van der Waals surface area contributed by atoms with E-state index in [9.17, 15) is 5.11 Å². The lowest BCUT2D eigenvalue weighted by atomic mass is 10.1. The third-order valence-electron chi connectivity index (χ3n) is 1.97. The lowest BCUT2D eigenvalue weighted by Gasteiger charge is -1.99. The number of aromatic hydroxyl groups is 1. The van der Waals surface area contributed by atoms with Crippen molar-refractivity contribution >= 4 is 22.9 Å². The van der Waals surface area contributed by atoms with Crippen molar-refractivity contribution in [3.63, 3.8) is 0 Å². The van der Waals surface area contributed by atoms with Gasteiger partial charge in [-0.15, -0.1) is 11.3 Å². The van der Waals surface area contributed by atoms with Gasteiger partial charge in [0.15, 0.2) is 0 Å². The number of hydrogen-bond donors (Lipinski definition) is 1. The highest BCUT2D eigenvalue weighted by molar-refractivity contribution is 7.19. The van der Waals surface area contributed by atoms with E-state index in [1.54, 1.807) is 18.2 Å². The molecular formula is C11H6ClNOS. The Bertz CT molecular complexity index is 542. The van der Waals surface area contributed by atoms with Crippen LogP contribution in [0.1, 0.15) is 5.56 Å². The molecule has 0 aliphatic carbocycles. The number of hydrogen-bond acceptors (Lipinski definition) is 3. The van der Waals surface area contributed by atoms with Gasteiger partial charge in [-0.3, -0.25) is 0 Å². The summed E-state index contributed by atoms with van der Waals surface area (Å²) in [5, 5.41) is 18.1. The molecule has 1 heterocycles. The molecule has 0 amide bonds. The normalized spacial score (nSPS) is 9.87. The monoisotopic (exact) mass is 235 g/mol. The van der Waals surface area contributed by atoms with Gasteiger partial charge in [0.05, 0.1) is 9.90 Å². The summed E-state index contributed by atoms with van der Waals surface area (Å²) in [6.07, 6.45) is 0. The van der Waals surface area contributed by atoms with Crippen LogP contribution in [0.3, 0.4) is 0 Å². The van der Waals surface area contributed by atoms with Gasteiger partial charge in [0.1, 0.15) is 11.8 Å². The Hall–Kier alpha value is -1.50. The summed E-state index contributed by atoms with van der Waals surface area (Å²) in [6, 6.07) is 10.6. The van der Waals surface area contributed by atoms with Crippen molar-refractivity contribution in [2.45, 2.75) is 0 Å². The maximum absolute atomic E-state index is 9.34. The van der Waals surface area contributed by atoms with Crippen LogP contribution in [-0.2, 0) is 0 Å². The predicted molar refractivity (Wildman–Crippen MR) is 61.1 cm³/mol. The van der Waals surface area contributed by atoms with Crippen LogP contribution in [0.4, 0.5) is 0 Å². The van der Waals surface area contributed by atoms with E-state index >= 15 is 0 Å². The minimum absolute atomic E-state index is 0.00361. The summed E-state index contributed by atoms with van der Waals surface area (Å²) < 4.78 is 0.705. The number of phenolic OH excluding ortho intramolecular Hbond substituents is 1. The molecule has 0 spiro atoms. The average molecular weight is 236 g/mol. The third-order valence-corrected chi connectivity index (χ3v) is 3.25. The van der Waals surface area contributed by atoms with Gasteiger partial charge in [0, 0.05) is 4.88 Å². The molecule has 0 saturated heterocycles. The fourth-order valence-corrected chi connectivity index (χ4v) is 2.29. The van der Waals surface area contributed by atoms with Crippen LogP contribution in [0.15, 0.2) is 30.3 Å². The molecular weight excluding hydrogens is 230 g/mol. The number of benzene rings is 1. The van der Waals surface area contributed by atoms with Gasteiger partial charge in [-0.2, -0.15) is 5.26 Å². The van der Waals surface area contributed by atoms with E-state index in [0.29, 0.717) is 4.34 Å². The van der Waals surface area contributed by atoms with Gasteiger partial charge < -0.3 is 5.11 Å². The second-order valence-corrected chi connectivity index (χ2v) is 4.66. The molecule has 2 aromatic rings. The Labute approximate surface area is 96.0 Å². The van der Waals surface area contributed by atoms with Crippen LogP contribution in [0.5, 0.6) is 5.75 Å². The standard InChI is InChI=1S/C11H6ClNOS/c12-11-4-3-10(15-11)7-1-2-9(14)8(5-7)6-13/h1-5,14H. The molecule has 0 atom stereocenters. The Morgan fingerprint density at radius 2 is 2.07 bits per heavy atom. The van der Waals surface area contributed by atoms with Crippen molar-refractivity contribution < 1.29 is 5.11 Å². The molecule has 2 rings (SSSR count). The van der Waals surface area contributed by atoms with Gasteiger partial charge in [0.2, 0.25) is 0 Å².